The lowest BCUT2D eigenvalue weighted by atomic mass is 10.4. The number of ether oxygens (including phenoxy) is 1. The van der Waals surface area contributed by atoms with Crippen molar-refractivity contribution in [1.82, 2.24) is 10.5 Å². The predicted molar refractivity (Wildman–Crippen MR) is 54.1 cm³/mol. The Hall–Kier alpha value is -1.86. The first-order chi connectivity index (χ1) is 7.63. The van der Waals surface area contributed by atoms with Crippen LogP contribution in [0.2, 0.25) is 0 Å². The monoisotopic (exact) mass is 227 g/mol. The number of nitrogens with two attached hydrogens (primary N) is 1. The minimum atomic E-state index is -0.561. The zero-order chi connectivity index (χ0) is 12.0. The predicted octanol–water partition coefficient (Wildman–Crippen LogP) is -0.692. The number of rotatable bonds is 6. The zero-order valence-corrected chi connectivity index (χ0v) is 8.78. The lowest BCUT2D eigenvalue weighted by molar-refractivity contribution is -0.125. The van der Waals surface area contributed by atoms with Crippen LogP contribution in [0.15, 0.2) is 12.1 Å². The maximum atomic E-state index is 11.1. The van der Waals surface area contributed by atoms with Crippen LogP contribution in [0.25, 0.3) is 0 Å². The molecule has 1 aromatic rings. The maximum absolute atomic E-state index is 11.1. The smallest absolute Gasteiger partial charge is 0.354 e. The van der Waals surface area contributed by atoms with Crippen molar-refractivity contribution in [2.75, 3.05) is 13.7 Å². The molecule has 1 heterocycles. The summed E-state index contributed by atoms with van der Waals surface area (Å²) in [6.45, 7) is 0.120. The van der Waals surface area contributed by atoms with E-state index in [1.165, 1.54) is 7.11 Å². The lowest BCUT2D eigenvalue weighted by Gasteiger charge is -2.01. The van der Waals surface area contributed by atoms with Crippen LogP contribution in [0.3, 0.4) is 0 Å². The topological polar surface area (TPSA) is 106 Å². The molecule has 0 saturated carbocycles. The largest absolute Gasteiger partial charge is 0.464 e. The summed E-state index contributed by atoms with van der Waals surface area (Å²) >= 11 is 0. The van der Waals surface area contributed by atoms with E-state index < -0.39 is 11.9 Å². The Kier molecular flexibility index (Phi) is 4.49. The standard InChI is InChI=1S/C9H13N3O4/c1-15-9(14)7-3-2-6(12-7)4-11-16-5-8(10)13/h2-3,11-12H,4-5H2,1H3,(H2,10,13). The third-order valence-electron chi connectivity index (χ3n) is 1.73. The van der Waals surface area contributed by atoms with Gasteiger partial charge in [0.15, 0.2) is 0 Å². The summed E-state index contributed by atoms with van der Waals surface area (Å²) in [6, 6.07) is 3.30. The number of carbonyl (C=O) groups is 2. The molecule has 88 valence electrons. The molecule has 16 heavy (non-hydrogen) atoms. The van der Waals surface area contributed by atoms with Crippen molar-refractivity contribution < 1.29 is 19.2 Å². The van der Waals surface area contributed by atoms with Crippen LogP contribution in [-0.4, -0.2) is 30.6 Å². The van der Waals surface area contributed by atoms with Gasteiger partial charge < -0.3 is 15.5 Å². The number of H-pyrrole nitrogens is 1. The molecule has 0 spiro atoms. The molecular weight excluding hydrogens is 214 g/mol. The van der Waals surface area contributed by atoms with Crippen LogP contribution < -0.4 is 11.2 Å². The quantitative estimate of drug-likeness (QED) is 0.339. The number of methoxy groups -OCH3 is 1. The summed E-state index contributed by atoms with van der Waals surface area (Å²) in [5.74, 6) is -1.00. The highest BCUT2D eigenvalue weighted by Gasteiger charge is 2.07. The van der Waals surface area contributed by atoms with E-state index in [9.17, 15) is 9.59 Å². The van der Waals surface area contributed by atoms with Gasteiger partial charge in [-0.2, -0.15) is 5.48 Å². The molecule has 0 aromatic carbocycles. The summed E-state index contributed by atoms with van der Waals surface area (Å²) in [6.07, 6.45) is 0. The van der Waals surface area contributed by atoms with Crippen molar-refractivity contribution in [3.8, 4) is 0 Å². The highest BCUT2D eigenvalue weighted by atomic mass is 16.6. The Bertz CT molecular complexity index is 375. The molecule has 0 saturated heterocycles. The second-order valence-electron chi connectivity index (χ2n) is 2.96. The van der Waals surface area contributed by atoms with Crippen molar-refractivity contribution in [2.24, 2.45) is 5.73 Å². The molecule has 7 heteroatoms. The first-order valence-corrected chi connectivity index (χ1v) is 4.52. The van der Waals surface area contributed by atoms with Crippen molar-refractivity contribution in [3.05, 3.63) is 23.5 Å². The summed E-state index contributed by atoms with van der Waals surface area (Å²) in [7, 11) is 1.30. The number of hydrogen-bond donors (Lipinski definition) is 3. The molecule has 0 atom stereocenters. The van der Waals surface area contributed by atoms with Gasteiger partial charge in [0.1, 0.15) is 12.3 Å². The average Bonchev–Trinajstić information content (AvgIpc) is 2.71. The summed E-state index contributed by atoms with van der Waals surface area (Å²) in [4.78, 5) is 29.0. The molecule has 1 aromatic heterocycles. The van der Waals surface area contributed by atoms with E-state index in [4.69, 9.17) is 10.6 Å². The van der Waals surface area contributed by atoms with Crippen LogP contribution in [0, 0.1) is 0 Å². The highest BCUT2D eigenvalue weighted by Crippen LogP contribution is 2.02. The molecule has 0 unspecified atom stereocenters. The van der Waals surface area contributed by atoms with E-state index in [0.717, 1.165) is 5.69 Å². The number of nitrogens with one attached hydrogen (secondary N) is 2. The van der Waals surface area contributed by atoms with Crippen molar-refractivity contribution in [2.45, 2.75) is 6.54 Å². The summed E-state index contributed by atoms with van der Waals surface area (Å²) < 4.78 is 4.52. The fourth-order valence-corrected chi connectivity index (χ4v) is 1.02. The number of aromatic nitrogens is 1. The number of carbonyl (C=O) groups excluding carboxylic acids is 2. The van der Waals surface area contributed by atoms with E-state index in [0.29, 0.717) is 12.2 Å². The molecule has 0 aliphatic heterocycles. The summed E-state index contributed by atoms with van der Waals surface area (Å²) in [5.41, 5.74) is 8.46. The molecule has 0 aliphatic rings. The molecule has 0 radical (unpaired) electrons. The minimum absolute atomic E-state index is 0.204. The van der Waals surface area contributed by atoms with Gasteiger partial charge in [-0.25, -0.2) is 4.79 Å². The molecule has 1 amide bonds. The molecule has 0 fully saturated rings. The second kappa shape index (κ2) is 5.89. The van der Waals surface area contributed by atoms with Gasteiger partial charge in [-0.3, -0.25) is 9.63 Å². The Morgan fingerprint density at radius 2 is 2.25 bits per heavy atom. The number of hydroxylamine groups is 1. The van der Waals surface area contributed by atoms with E-state index in [-0.39, 0.29) is 6.61 Å². The first kappa shape index (κ1) is 12.2. The van der Waals surface area contributed by atoms with Gasteiger partial charge in [-0.1, -0.05) is 0 Å². The van der Waals surface area contributed by atoms with Crippen LogP contribution >= 0.6 is 0 Å². The highest BCUT2D eigenvalue weighted by molar-refractivity contribution is 5.87. The number of hydrogen-bond acceptors (Lipinski definition) is 5. The Morgan fingerprint density at radius 3 is 2.88 bits per heavy atom. The van der Waals surface area contributed by atoms with Crippen molar-refractivity contribution in [1.29, 1.82) is 0 Å². The normalized spacial score (nSPS) is 10.1. The van der Waals surface area contributed by atoms with E-state index in [1.807, 2.05) is 0 Å². The van der Waals surface area contributed by atoms with E-state index in [2.05, 4.69) is 15.2 Å². The van der Waals surface area contributed by atoms with Crippen molar-refractivity contribution in [3.63, 3.8) is 0 Å². The summed E-state index contributed by atoms with van der Waals surface area (Å²) in [5, 5.41) is 0. The molecule has 1 rings (SSSR count). The molecule has 0 bridgehead atoms. The van der Waals surface area contributed by atoms with Gasteiger partial charge >= 0.3 is 5.97 Å². The third-order valence-corrected chi connectivity index (χ3v) is 1.73. The molecular formula is C9H13N3O4. The van der Waals surface area contributed by atoms with Crippen molar-refractivity contribution >= 4 is 11.9 Å². The molecule has 7 nitrogen and oxygen atoms in total. The average molecular weight is 227 g/mol. The Balaban J connectivity index is 2.35. The number of amides is 1. The molecule has 0 aliphatic carbocycles. The van der Waals surface area contributed by atoms with Gasteiger partial charge in [0, 0.05) is 5.69 Å². The SMILES string of the molecule is COC(=O)c1ccc(CNOCC(N)=O)[nH]1. The van der Waals surface area contributed by atoms with E-state index in [1.54, 1.807) is 12.1 Å². The third kappa shape index (κ3) is 3.71. The lowest BCUT2D eigenvalue weighted by Crippen LogP contribution is -2.24. The first-order valence-electron chi connectivity index (χ1n) is 4.52. The molecule has 4 N–H and O–H groups in total. The van der Waals surface area contributed by atoms with Crippen LogP contribution in [-0.2, 0) is 20.9 Å². The van der Waals surface area contributed by atoms with Gasteiger partial charge in [0.2, 0.25) is 5.91 Å². The van der Waals surface area contributed by atoms with Gasteiger partial charge in [0.05, 0.1) is 13.7 Å². The maximum Gasteiger partial charge on any atom is 0.354 e. The van der Waals surface area contributed by atoms with Gasteiger partial charge in [-0.15, -0.1) is 0 Å². The fraction of sp³-hybridized carbons (Fsp3) is 0.333. The van der Waals surface area contributed by atoms with Crippen LogP contribution in [0.1, 0.15) is 16.2 Å². The van der Waals surface area contributed by atoms with Gasteiger partial charge in [-0.05, 0) is 12.1 Å². The fourth-order valence-electron chi connectivity index (χ4n) is 1.02. The van der Waals surface area contributed by atoms with Crippen LogP contribution in [0.4, 0.5) is 0 Å². The Labute approximate surface area is 91.9 Å². The van der Waals surface area contributed by atoms with E-state index >= 15 is 0 Å². The number of aromatic amines is 1. The van der Waals surface area contributed by atoms with Gasteiger partial charge in [0.25, 0.3) is 0 Å². The Morgan fingerprint density at radius 1 is 1.50 bits per heavy atom. The number of esters is 1. The van der Waals surface area contributed by atoms with Crippen LogP contribution in [0.5, 0.6) is 0 Å². The second-order valence-corrected chi connectivity index (χ2v) is 2.96. The minimum Gasteiger partial charge on any atom is -0.464 e. The number of primary amides is 1. The zero-order valence-electron chi connectivity index (χ0n) is 8.78.